The van der Waals surface area contributed by atoms with Crippen LogP contribution in [-0.2, 0) is 9.47 Å². The molecule has 1 saturated heterocycles. The lowest BCUT2D eigenvalue weighted by molar-refractivity contribution is -0.246. The van der Waals surface area contributed by atoms with Crippen LogP contribution >= 0.6 is 0 Å². The van der Waals surface area contributed by atoms with Gasteiger partial charge in [0.2, 0.25) is 0 Å². The first-order chi connectivity index (χ1) is 8.04. The molecule has 1 rings (SSSR count). The summed E-state index contributed by atoms with van der Waals surface area (Å²) in [5.74, 6) is 0. The van der Waals surface area contributed by atoms with Gasteiger partial charge in [-0.05, 0) is 33.1 Å². The van der Waals surface area contributed by atoms with E-state index in [1.807, 2.05) is 6.92 Å². The van der Waals surface area contributed by atoms with E-state index in [-0.39, 0.29) is 25.1 Å². The Bertz CT molecular complexity index is 209. The molecule has 0 radical (unpaired) electrons. The van der Waals surface area contributed by atoms with Gasteiger partial charge in [0.15, 0.2) is 6.29 Å². The first kappa shape index (κ1) is 14.9. The van der Waals surface area contributed by atoms with Crippen molar-refractivity contribution in [1.29, 1.82) is 0 Å². The van der Waals surface area contributed by atoms with Gasteiger partial charge >= 0.3 is 0 Å². The second kappa shape index (κ2) is 7.28. The van der Waals surface area contributed by atoms with Gasteiger partial charge < -0.3 is 24.8 Å². The van der Waals surface area contributed by atoms with Crippen LogP contribution in [0.5, 0.6) is 0 Å². The van der Waals surface area contributed by atoms with Gasteiger partial charge in [0.1, 0.15) is 0 Å². The molecular formula is C12H24O5. The third kappa shape index (κ3) is 4.89. The van der Waals surface area contributed by atoms with Crippen LogP contribution in [0.15, 0.2) is 0 Å². The SMILES string of the molecule is C[C@H](O)[C@H](CCCO)O[C@@H]1CC[C@H](O)[C@H](C)O1. The Labute approximate surface area is 102 Å². The second-order valence-electron chi connectivity index (χ2n) is 4.70. The summed E-state index contributed by atoms with van der Waals surface area (Å²) in [5.41, 5.74) is 0. The Balaban J connectivity index is 2.39. The molecule has 1 fully saturated rings. The van der Waals surface area contributed by atoms with Crippen LogP contribution in [0, 0.1) is 0 Å². The average molecular weight is 248 g/mol. The van der Waals surface area contributed by atoms with E-state index in [9.17, 15) is 10.2 Å². The molecule has 0 saturated carbocycles. The summed E-state index contributed by atoms with van der Waals surface area (Å²) in [6, 6.07) is 0. The fourth-order valence-electron chi connectivity index (χ4n) is 1.95. The average Bonchev–Trinajstić information content (AvgIpc) is 2.28. The summed E-state index contributed by atoms with van der Waals surface area (Å²) in [6.45, 7) is 3.57. The maximum absolute atomic E-state index is 9.58. The summed E-state index contributed by atoms with van der Waals surface area (Å²) in [4.78, 5) is 0. The van der Waals surface area contributed by atoms with E-state index in [4.69, 9.17) is 14.6 Å². The molecule has 0 bridgehead atoms. The van der Waals surface area contributed by atoms with Gasteiger partial charge in [0.25, 0.3) is 0 Å². The highest BCUT2D eigenvalue weighted by atomic mass is 16.7. The van der Waals surface area contributed by atoms with Gasteiger partial charge in [0, 0.05) is 13.0 Å². The fraction of sp³-hybridized carbons (Fsp3) is 1.00. The maximum atomic E-state index is 9.58. The summed E-state index contributed by atoms with van der Waals surface area (Å²) in [6.07, 6.45) is 0.532. The van der Waals surface area contributed by atoms with Gasteiger partial charge in [-0.25, -0.2) is 0 Å². The molecule has 0 aromatic carbocycles. The molecule has 5 heteroatoms. The van der Waals surface area contributed by atoms with Crippen molar-refractivity contribution in [3.8, 4) is 0 Å². The van der Waals surface area contributed by atoms with Gasteiger partial charge in [0.05, 0.1) is 24.4 Å². The van der Waals surface area contributed by atoms with Crippen LogP contribution in [-0.4, -0.2) is 52.6 Å². The third-order valence-electron chi connectivity index (χ3n) is 3.12. The molecule has 1 heterocycles. The van der Waals surface area contributed by atoms with Gasteiger partial charge in [-0.1, -0.05) is 0 Å². The van der Waals surface area contributed by atoms with Crippen molar-refractivity contribution in [1.82, 2.24) is 0 Å². The zero-order chi connectivity index (χ0) is 12.8. The first-order valence-electron chi connectivity index (χ1n) is 6.32. The maximum Gasteiger partial charge on any atom is 0.158 e. The highest BCUT2D eigenvalue weighted by Crippen LogP contribution is 2.23. The van der Waals surface area contributed by atoms with Crippen LogP contribution in [0.1, 0.15) is 39.5 Å². The van der Waals surface area contributed by atoms with Crippen LogP contribution in [0.4, 0.5) is 0 Å². The highest BCUT2D eigenvalue weighted by molar-refractivity contribution is 4.73. The third-order valence-corrected chi connectivity index (χ3v) is 3.12. The van der Waals surface area contributed by atoms with E-state index in [2.05, 4.69) is 0 Å². The molecule has 0 aliphatic carbocycles. The smallest absolute Gasteiger partial charge is 0.158 e. The monoisotopic (exact) mass is 248 g/mol. The van der Waals surface area contributed by atoms with E-state index >= 15 is 0 Å². The number of hydrogen-bond donors (Lipinski definition) is 3. The van der Waals surface area contributed by atoms with Crippen LogP contribution in [0.3, 0.4) is 0 Å². The molecule has 1 aliphatic rings. The minimum atomic E-state index is -0.590. The summed E-state index contributed by atoms with van der Waals surface area (Å²) in [7, 11) is 0. The number of aliphatic hydroxyl groups is 3. The van der Waals surface area contributed by atoms with Crippen molar-refractivity contribution < 1.29 is 24.8 Å². The second-order valence-corrected chi connectivity index (χ2v) is 4.70. The van der Waals surface area contributed by atoms with Crippen molar-refractivity contribution in [2.75, 3.05) is 6.61 Å². The molecule has 0 unspecified atom stereocenters. The Morgan fingerprint density at radius 1 is 1.41 bits per heavy atom. The lowest BCUT2D eigenvalue weighted by Crippen LogP contribution is -2.41. The molecule has 1 aliphatic heterocycles. The molecule has 5 nitrogen and oxygen atoms in total. The van der Waals surface area contributed by atoms with Gasteiger partial charge in [-0.3, -0.25) is 0 Å². The van der Waals surface area contributed by atoms with E-state index in [1.54, 1.807) is 6.92 Å². The molecule has 0 spiro atoms. The normalized spacial score (nSPS) is 33.4. The molecule has 17 heavy (non-hydrogen) atoms. The van der Waals surface area contributed by atoms with Crippen molar-refractivity contribution in [3.63, 3.8) is 0 Å². The lowest BCUT2D eigenvalue weighted by atomic mass is 10.1. The Kier molecular flexibility index (Phi) is 6.37. The number of ether oxygens (including phenoxy) is 2. The zero-order valence-electron chi connectivity index (χ0n) is 10.6. The minimum absolute atomic E-state index is 0.0905. The number of hydrogen-bond acceptors (Lipinski definition) is 5. The van der Waals surface area contributed by atoms with Crippen LogP contribution in [0.2, 0.25) is 0 Å². The molecule has 0 aromatic heterocycles. The molecular weight excluding hydrogens is 224 g/mol. The molecule has 0 aromatic rings. The number of rotatable bonds is 6. The Hall–Kier alpha value is -0.200. The van der Waals surface area contributed by atoms with Crippen molar-refractivity contribution in [2.45, 2.75) is 70.2 Å². The predicted molar refractivity (Wildman–Crippen MR) is 62.4 cm³/mol. The standard InChI is InChI=1S/C12H24O5/c1-8(14)11(4-3-7-13)17-12-6-5-10(15)9(2)16-12/h8-15H,3-7H2,1-2H3/t8-,9-,10-,11-,12+/m0/s1. The fourth-order valence-corrected chi connectivity index (χ4v) is 1.95. The molecule has 0 amide bonds. The first-order valence-corrected chi connectivity index (χ1v) is 6.32. The van der Waals surface area contributed by atoms with E-state index in [0.717, 1.165) is 0 Å². The van der Waals surface area contributed by atoms with Crippen LogP contribution < -0.4 is 0 Å². The van der Waals surface area contributed by atoms with Gasteiger partial charge in [-0.2, -0.15) is 0 Å². The topological polar surface area (TPSA) is 79.2 Å². The largest absolute Gasteiger partial charge is 0.396 e. The molecule has 102 valence electrons. The predicted octanol–water partition coefficient (Wildman–Crippen LogP) is 0.411. The van der Waals surface area contributed by atoms with E-state index < -0.39 is 12.2 Å². The Morgan fingerprint density at radius 3 is 2.65 bits per heavy atom. The van der Waals surface area contributed by atoms with E-state index in [0.29, 0.717) is 25.7 Å². The summed E-state index contributed by atoms with van der Waals surface area (Å²) < 4.78 is 11.2. The van der Waals surface area contributed by atoms with Gasteiger partial charge in [-0.15, -0.1) is 0 Å². The van der Waals surface area contributed by atoms with Crippen molar-refractivity contribution in [2.24, 2.45) is 0 Å². The Morgan fingerprint density at radius 2 is 2.12 bits per heavy atom. The highest BCUT2D eigenvalue weighted by Gasteiger charge is 2.29. The number of aliphatic hydroxyl groups excluding tert-OH is 3. The minimum Gasteiger partial charge on any atom is -0.396 e. The van der Waals surface area contributed by atoms with Crippen LogP contribution in [0.25, 0.3) is 0 Å². The summed E-state index contributed by atoms with van der Waals surface area (Å²) in [5, 5.41) is 27.9. The van der Waals surface area contributed by atoms with Crippen molar-refractivity contribution in [3.05, 3.63) is 0 Å². The quantitative estimate of drug-likeness (QED) is 0.634. The summed E-state index contributed by atoms with van der Waals surface area (Å²) >= 11 is 0. The van der Waals surface area contributed by atoms with Crippen molar-refractivity contribution >= 4 is 0 Å². The molecule has 3 N–H and O–H groups in total. The van der Waals surface area contributed by atoms with E-state index in [1.165, 1.54) is 0 Å². The lowest BCUT2D eigenvalue weighted by Gasteiger charge is -2.34. The molecule has 5 atom stereocenters. The zero-order valence-corrected chi connectivity index (χ0v) is 10.6.